The van der Waals surface area contributed by atoms with Crippen molar-refractivity contribution in [3.05, 3.63) is 53.4 Å². The Balaban J connectivity index is 1.64. The third-order valence-corrected chi connectivity index (χ3v) is 8.38. The van der Waals surface area contributed by atoms with Crippen molar-refractivity contribution in [2.45, 2.75) is 111 Å². The molecule has 0 aliphatic carbocycles. The first-order chi connectivity index (χ1) is 23.2. The van der Waals surface area contributed by atoms with Gasteiger partial charge in [0.1, 0.15) is 36.7 Å². The summed E-state index contributed by atoms with van der Waals surface area (Å²) < 4.78 is 10.4. The molecule has 14 heteroatoms. The van der Waals surface area contributed by atoms with Gasteiger partial charge in [-0.05, 0) is 63.5 Å². The molecule has 0 saturated carbocycles. The van der Waals surface area contributed by atoms with Gasteiger partial charge in [-0.2, -0.15) is 0 Å². The molecular formula is C35H52N6O8. The molecule has 1 aliphatic rings. The van der Waals surface area contributed by atoms with Crippen LogP contribution in [-0.4, -0.2) is 76.8 Å². The highest BCUT2D eigenvalue weighted by atomic mass is 16.5. The van der Waals surface area contributed by atoms with E-state index < -0.39 is 60.0 Å². The normalized spacial score (nSPS) is 18.3. The lowest BCUT2D eigenvalue weighted by molar-refractivity contribution is -0.145. The van der Waals surface area contributed by atoms with Crippen molar-refractivity contribution >= 4 is 29.6 Å². The van der Waals surface area contributed by atoms with Crippen LogP contribution in [0.3, 0.4) is 0 Å². The third-order valence-electron chi connectivity index (χ3n) is 8.38. The predicted molar refractivity (Wildman–Crippen MR) is 180 cm³/mol. The minimum Gasteiger partial charge on any atom is -0.461 e. The Bertz CT molecular complexity index is 1400. The molecule has 0 unspecified atom stereocenters. The van der Waals surface area contributed by atoms with Gasteiger partial charge < -0.3 is 35.6 Å². The quantitative estimate of drug-likeness (QED) is 0.126. The number of aliphatic hydroxyl groups excluding tert-OH is 1. The lowest BCUT2D eigenvalue weighted by Gasteiger charge is -2.29. The first-order valence-corrected chi connectivity index (χ1v) is 17.0. The molecule has 4 amide bonds. The van der Waals surface area contributed by atoms with E-state index in [1.807, 2.05) is 44.2 Å². The summed E-state index contributed by atoms with van der Waals surface area (Å²) in [5.41, 5.74) is 0.892. The maximum absolute atomic E-state index is 13.7. The summed E-state index contributed by atoms with van der Waals surface area (Å²) in [7, 11) is 0. The first-order valence-electron chi connectivity index (χ1n) is 17.0. The van der Waals surface area contributed by atoms with Crippen molar-refractivity contribution in [3.8, 4) is 0 Å². The fourth-order valence-corrected chi connectivity index (χ4v) is 5.59. The molecule has 6 N–H and O–H groups in total. The molecule has 49 heavy (non-hydrogen) atoms. The molecule has 0 bridgehead atoms. The summed E-state index contributed by atoms with van der Waals surface area (Å²) >= 11 is 0. The van der Waals surface area contributed by atoms with Crippen molar-refractivity contribution in [2.24, 2.45) is 17.8 Å². The van der Waals surface area contributed by atoms with Gasteiger partial charge in [-0.15, -0.1) is 0 Å². The number of nitrogens with one attached hydrogen (secondary N) is 5. The molecule has 0 radical (unpaired) electrons. The summed E-state index contributed by atoms with van der Waals surface area (Å²) in [4.78, 5) is 65.4. The molecule has 2 aromatic rings. The smallest absolute Gasteiger partial charge is 0.306 e. The number of ether oxygens (including phenoxy) is 1. The van der Waals surface area contributed by atoms with Crippen LogP contribution >= 0.6 is 0 Å². The number of benzene rings is 1. The second-order valence-electron chi connectivity index (χ2n) is 13.5. The Hall–Kier alpha value is -4.30. The number of aromatic nitrogens is 1. The minimum atomic E-state index is -1.00. The molecule has 14 nitrogen and oxygen atoms in total. The standard InChI is InChI=1S/C35H52N6O8/c1-20(2)16-27(39-35(47)30(21(3)4)40-31(43)23(6)37-34(46)28-17-22(5)49-41-28)33(45)38-26(18-25-14-15-36-32(25)44)12-13-29(42)48-19-24-10-8-7-9-11-24/h7-11,17,20-21,23,25-27,30,32,36,44H,12-16,18-19H2,1-6H3,(H,37,46)(H,38,45)(H,39,47)(H,40,43)/t23-,25-,26+,27-,30-,32-/m0/s1. The zero-order valence-corrected chi connectivity index (χ0v) is 29.3. The van der Waals surface area contributed by atoms with E-state index >= 15 is 0 Å². The van der Waals surface area contributed by atoms with Crippen LogP contribution in [0.25, 0.3) is 0 Å². The molecule has 3 rings (SSSR count). The topological polar surface area (TPSA) is 201 Å². The zero-order chi connectivity index (χ0) is 36.1. The second kappa shape index (κ2) is 19.0. The summed E-state index contributed by atoms with van der Waals surface area (Å²) in [5.74, 6) is -2.57. The van der Waals surface area contributed by atoms with E-state index in [9.17, 15) is 29.1 Å². The monoisotopic (exact) mass is 684 g/mol. The predicted octanol–water partition coefficient (Wildman–Crippen LogP) is 2.10. The number of rotatable bonds is 18. The van der Waals surface area contributed by atoms with Crippen molar-refractivity contribution in [1.29, 1.82) is 0 Å². The average molecular weight is 685 g/mol. The molecule has 6 atom stereocenters. The number of carbonyl (C=O) groups excluding carboxylic acids is 5. The van der Waals surface area contributed by atoms with E-state index in [-0.39, 0.29) is 42.9 Å². The van der Waals surface area contributed by atoms with Gasteiger partial charge in [0, 0.05) is 24.4 Å². The van der Waals surface area contributed by atoms with E-state index in [0.29, 0.717) is 31.6 Å². The van der Waals surface area contributed by atoms with Crippen molar-refractivity contribution in [3.63, 3.8) is 0 Å². The molecule has 2 heterocycles. The summed E-state index contributed by atoms with van der Waals surface area (Å²) in [6, 6.07) is 7.38. The van der Waals surface area contributed by atoms with Crippen LogP contribution in [-0.2, 0) is 30.5 Å². The maximum Gasteiger partial charge on any atom is 0.306 e. The number of aliphatic hydroxyl groups is 1. The number of amides is 4. The van der Waals surface area contributed by atoms with Gasteiger partial charge in [-0.25, -0.2) is 0 Å². The first kappa shape index (κ1) is 39.1. The minimum absolute atomic E-state index is 0.0268. The van der Waals surface area contributed by atoms with E-state index in [4.69, 9.17) is 9.26 Å². The number of aryl methyl sites for hydroxylation is 1. The lowest BCUT2D eigenvalue weighted by atomic mass is 9.94. The van der Waals surface area contributed by atoms with E-state index in [0.717, 1.165) is 5.56 Å². The van der Waals surface area contributed by atoms with Crippen LogP contribution in [0.4, 0.5) is 0 Å². The number of hydrogen-bond donors (Lipinski definition) is 6. The van der Waals surface area contributed by atoms with E-state index in [2.05, 4.69) is 31.7 Å². The second-order valence-corrected chi connectivity index (χ2v) is 13.5. The van der Waals surface area contributed by atoms with Gasteiger partial charge in [-0.1, -0.05) is 63.2 Å². The highest BCUT2D eigenvalue weighted by Crippen LogP contribution is 2.22. The molecule has 1 saturated heterocycles. The van der Waals surface area contributed by atoms with Crippen LogP contribution in [0.2, 0.25) is 0 Å². The maximum atomic E-state index is 13.7. The van der Waals surface area contributed by atoms with Gasteiger partial charge >= 0.3 is 5.97 Å². The number of esters is 1. The Kier molecular flexibility index (Phi) is 15.2. The molecule has 1 aromatic heterocycles. The van der Waals surface area contributed by atoms with Crippen LogP contribution in [0.1, 0.15) is 88.5 Å². The number of hydrogen-bond acceptors (Lipinski definition) is 10. The van der Waals surface area contributed by atoms with E-state index in [1.54, 1.807) is 20.8 Å². The Morgan fingerprint density at radius 2 is 1.69 bits per heavy atom. The SMILES string of the molecule is Cc1cc(C(=O)N[C@@H](C)C(=O)N[C@H](C(=O)N[C@@H](CC(C)C)C(=O)N[C@H](CCC(=O)OCc2ccccc2)C[C@@H]2CCN[C@H]2O)C(C)C)no1. The Morgan fingerprint density at radius 1 is 0.980 bits per heavy atom. The molecule has 1 aliphatic heterocycles. The molecule has 1 aromatic carbocycles. The van der Waals surface area contributed by atoms with Crippen LogP contribution in [0.15, 0.2) is 40.9 Å². The largest absolute Gasteiger partial charge is 0.461 e. The van der Waals surface area contributed by atoms with Gasteiger partial charge in [0.2, 0.25) is 17.7 Å². The van der Waals surface area contributed by atoms with Crippen molar-refractivity contribution in [2.75, 3.05) is 6.54 Å². The molecule has 0 spiro atoms. The fourth-order valence-electron chi connectivity index (χ4n) is 5.59. The van der Waals surface area contributed by atoms with Gasteiger partial charge in [-0.3, -0.25) is 29.3 Å². The highest BCUT2D eigenvalue weighted by molar-refractivity contribution is 5.97. The molecular weight excluding hydrogens is 632 g/mol. The summed E-state index contributed by atoms with van der Waals surface area (Å²) in [5, 5.41) is 28.1. The third kappa shape index (κ3) is 12.9. The highest BCUT2D eigenvalue weighted by Gasteiger charge is 2.33. The van der Waals surface area contributed by atoms with Crippen LogP contribution in [0.5, 0.6) is 0 Å². The van der Waals surface area contributed by atoms with Crippen molar-refractivity contribution in [1.82, 2.24) is 31.7 Å². The summed E-state index contributed by atoms with van der Waals surface area (Å²) in [6.45, 7) is 11.3. The van der Waals surface area contributed by atoms with Gasteiger partial charge in [0.15, 0.2) is 5.69 Å². The summed E-state index contributed by atoms with van der Waals surface area (Å²) in [6.07, 6.45) is 1.08. The fraction of sp³-hybridized carbons (Fsp3) is 0.600. The molecule has 1 fully saturated rings. The molecule has 270 valence electrons. The Labute approximate surface area is 287 Å². The van der Waals surface area contributed by atoms with Gasteiger partial charge in [0.05, 0.1) is 0 Å². The lowest BCUT2D eigenvalue weighted by Crippen LogP contribution is -2.58. The average Bonchev–Trinajstić information content (AvgIpc) is 3.68. The van der Waals surface area contributed by atoms with Gasteiger partial charge in [0.25, 0.3) is 5.91 Å². The van der Waals surface area contributed by atoms with Crippen molar-refractivity contribution < 1.29 is 38.3 Å². The van der Waals surface area contributed by atoms with Crippen LogP contribution in [0, 0.1) is 24.7 Å². The zero-order valence-electron chi connectivity index (χ0n) is 29.3. The number of nitrogens with zero attached hydrogens (tertiary/aromatic N) is 1. The van der Waals surface area contributed by atoms with E-state index in [1.165, 1.54) is 13.0 Å². The number of carbonyl (C=O) groups is 5. The Morgan fingerprint density at radius 3 is 2.29 bits per heavy atom. The van der Waals surface area contributed by atoms with Crippen LogP contribution < -0.4 is 26.6 Å².